The monoisotopic (exact) mass is 386 g/mol. The summed E-state index contributed by atoms with van der Waals surface area (Å²) in [7, 11) is 1.57. The summed E-state index contributed by atoms with van der Waals surface area (Å²) in [5, 5.41) is 6.22. The molecule has 0 unspecified atom stereocenters. The minimum absolute atomic E-state index is 0.197. The summed E-state index contributed by atoms with van der Waals surface area (Å²) >= 11 is 3.39. The third-order valence-electron chi connectivity index (χ3n) is 3.76. The van der Waals surface area contributed by atoms with Crippen LogP contribution in [0.1, 0.15) is 26.5 Å². The van der Waals surface area contributed by atoms with Crippen molar-refractivity contribution in [3.05, 3.63) is 63.8 Å². The average Bonchev–Trinajstić information content (AvgIpc) is 2.99. The van der Waals surface area contributed by atoms with E-state index in [4.69, 9.17) is 4.42 Å². The third-order valence-corrected chi connectivity index (χ3v) is 4.25. The Balaban J connectivity index is 1.90. The number of amides is 2. The fourth-order valence-corrected chi connectivity index (χ4v) is 2.84. The maximum Gasteiger partial charge on any atom is 0.291 e. The van der Waals surface area contributed by atoms with E-state index in [9.17, 15) is 9.59 Å². The fourth-order valence-electron chi connectivity index (χ4n) is 2.46. The Morgan fingerprint density at radius 1 is 1.08 bits per heavy atom. The van der Waals surface area contributed by atoms with E-state index in [0.29, 0.717) is 22.4 Å². The lowest BCUT2D eigenvalue weighted by molar-refractivity contribution is 0.0960. The van der Waals surface area contributed by atoms with Crippen LogP contribution in [0.3, 0.4) is 0 Å². The lowest BCUT2D eigenvalue weighted by Crippen LogP contribution is -2.20. The number of anilines is 1. The molecule has 0 aliphatic rings. The van der Waals surface area contributed by atoms with Crippen molar-refractivity contribution in [1.29, 1.82) is 0 Å². The van der Waals surface area contributed by atoms with Crippen molar-refractivity contribution in [2.75, 3.05) is 12.4 Å². The van der Waals surface area contributed by atoms with Crippen molar-refractivity contribution < 1.29 is 14.0 Å². The first-order valence-corrected chi connectivity index (χ1v) is 8.11. The highest BCUT2D eigenvalue weighted by molar-refractivity contribution is 9.10. The van der Waals surface area contributed by atoms with Gasteiger partial charge in [0.2, 0.25) is 0 Å². The Morgan fingerprint density at radius 3 is 2.62 bits per heavy atom. The molecule has 2 amide bonds. The number of furan rings is 1. The number of benzene rings is 2. The van der Waals surface area contributed by atoms with E-state index < -0.39 is 0 Å². The molecule has 1 heterocycles. The van der Waals surface area contributed by atoms with Crippen LogP contribution in [-0.2, 0) is 0 Å². The van der Waals surface area contributed by atoms with Gasteiger partial charge in [0.15, 0.2) is 5.76 Å². The van der Waals surface area contributed by atoms with Gasteiger partial charge in [0.25, 0.3) is 11.8 Å². The first-order chi connectivity index (χ1) is 11.5. The lowest BCUT2D eigenvalue weighted by atomic mass is 10.1. The third kappa shape index (κ3) is 3.05. The minimum Gasteiger partial charge on any atom is -0.451 e. The van der Waals surface area contributed by atoms with E-state index >= 15 is 0 Å². The highest BCUT2D eigenvalue weighted by Crippen LogP contribution is 2.25. The molecule has 6 heteroatoms. The summed E-state index contributed by atoms with van der Waals surface area (Å²) in [5.74, 6) is -0.343. The second-order valence-corrected chi connectivity index (χ2v) is 6.22. The summed E-state index contributed by atoms with van der Waals surface area (Å²) in [6, 6.07) is 12.4. The zero-order valence-corrected chi connectivity index (χ0v) is 14.7. The van der Waals surface area contributed by atoms with Crippen LogP contribution < -0.4 is 10.6 Å². The lowest BCUT2D eigenvalue weighted by Gasteiger charge is -2.10. The van der Waals surface area contributed by atoms with Gasteiger partial charge in [-0.3, -0.25) is 9.59 Å². The normalized spacial score (nSPS) is 10.6. The molecule has 0 saturated carbocycles. The quantitative estimate of drug-likeness (QED) is 0.711. The van der Waals surface area contributed by atoms with Crippen LogP contribution in [0.5, 0.6) is 0 Å². The van der Waals surface area contributed by atoms with Crippen molar-refractivity contribution in [3.8, 4) is 0 Å². The first kappa shape index (κ1) is 16.3. The van der Waals surface area contributed by atoms with Gasteiger partial charge in [-0.2, -0.15) is 0 Å². The van der Waals surface area contributed by atoms with E-state index in [-0.39, 0.29) is 17.6 Å². The van der Waals surface area contributed by atoms with E-state index in [1.54, 1.807) is 44.3 Å². The molecule has 0 bridgehead atoms. The number of carbonyl (C=O) groups is 2. The van der Waals surface area contributed by atoms with Crippen LogP contribution in [0.25, 0.3) is 11.0 Å². The SMILES string of the molecule is CNC(=O)c1cccc(NC(=O)c2cc3cc(Br)ccc3o2)c1C. The Hall–Kier alpha value is -2.60. The standard InChI is InChI=1S/C18H15BrN2O3/c1-10-13(17(22)20-2)4-3-5-14(10)21-18(23)16-9-11-8-12(19)6-7-15(11)24-16/h3-9H,1-2H3,(H,20,22)(H,21,23). The number of carbonyl (C=O) groups excluding carboxylic acids is 2. The van der Waals surface area contributed by atoms with Crippen molar-refractivity contribution >= 4 is 44.4 Å². The van der Waals surface area contributed by atoms with Crippen LogP contribution in [0.15, 0.2) is 51.4 Å². The van der Waals surface area contributed by atoms with Crippen LogP contribution in [0.2, 0.25) is 0 Å². The molecule has 1 aromatic heterocycles. The molecule has 0 radical (unpaired) electrons. The Bertz CT molecular complexity index is 947. The van der Waals surface area contributed by atoms with Crippen molar-refractivity contribution in [1.82, 2.24) is 5.32 Å². The van der Waals surface area contributed by atoms with Gasteiger partial charge in [-0.15, -0.1) is 0 Å². The first-order valence-electron chi connectivity index (χ1n) is 7.31. The maximum absolute atomic E-state index is 12.5. The zero-order valence-electron chi connectivity index (χ0n) is 13.1. The molecule has 24 heavy (non-hydrogen) atoms. The predicted octanol–water partition coefficient (Wildman–Crippen LogP) is 4.12. The molecule has 3 rings (SSSR count). The molecule has 0 aliphatic carbocycles. The molecule has 0 saturated heterocycles. The number of halogens is 1. The molecule has 0 fully saturated rings. The van der Waals surface area contributed by atoms with Gasteiger partial charge >= 0.3 is 0 Å². The minimum atomic E-state index is -0.362. The second kappa shape index (κ2) is 6.49. The Labute approximate surface area is 147 Å². The van der Waals surface area contributed by atoms with Crippen molar-refractivity contribution in [2.45, 2.75) is 6.92 Å². The topological polar surface area (TPSA) is 71.3 Å². The molecule has 3 aromatic rings. The number of hydrogen-bond donors (Lipinski definition) is 2. The Morgan fingerprint density at radius 2 is 1.88 bits per heavy atom. The second-order valence-electron chi connectivity index (χ2n) is 5.30. The molecule has 2 aromatic carbocycles. The summed E-state index contributed by atoms with van der Waals surface area (Å²) in [4.78, 5) is 24.3. The van der Waals surface area contributed by atoms with Gasteiger partial charge in [-0.25, -0.2) is 0 Å². The van der Waals surface area contributed by atoms with E-state index in [0.717, 1.165) is 9.86 Å². The highest BCUT2D eigenvalue weighted by Gasteiger charge is 2.16. The fraction of sp³-hybridized carbons (Fsp3) is 0.111. The molecule has 5 nitrogen and oxygen atoms in total. The van der Waals surface area contributed by atoms with Gasteiger partial charge in [0, 0.05) is 28.2 Å². The smallest absolute Gasteiger partial charge is 0.291 e. The van der Waals surface area contributed by atoms with Crippen LogP contribution in [0.4, 0.5) is 5.69 Å². The van der Waals surface area contributed by atoms with E-state index in [1.165, 1.54) is 0 Å². The molecular weight excluding hydrogens is 372 g/mol. The summed E-state index contributed by atoms with van der Waals surface area (Å²) in [6.45, 7) is 1.79. The highest BCUT2D eigenvalue weighted by atomic mass is 79.9. The molecule has 0 aliphatic heterocycles. The van der Waals surface area contributed by atoms with E-state index in [2.05, 4.69) is 26.6 Å². The van der Waals surface area contributed by atoms with Gasteiger partial charge in [0.1, 0.15) is 5.58 Å². The zero-order chi connectivity index (χ0) is 17.3. The van der Waals surface area contributed by atoms with Crippen LogP contribution in [-0.4, -0.2) is 18.9 Å². The number of nitrogens with one attached hydrogen (secondary N) is 2. The van der Waals surface area contributed by atoms with Crippen LogP contribution >= 0.6 is 15.9 Å². The molecule has 2 N–H and O–H groups in total. The number of hydrogen-bond acceptors (Lipinski definition) is 3. The van der Waals surface area contributed by atoms with Gasteiger partial charge < -0.3 is 15.1 Å². The molecule has 122 valence electrons. The van der Waals surface area contributed by atoms with Gasteiger partial charge in [-0.1, -0.05) is 22.0 Å². The maximum atomic E-state index is 12.5. The van der Waals surface area contributed by atoms with Gasteiger partial charge in [-0.05, 0) is 48.9 Å². The summed E-state index contributed by atoms with van der Waals surface area (Å²) < 4.78 is 6.50. The number of fused-ring (bicyclic) bond motifs is 1. The average molecular weight is 387 g/mol. The van der Waals surface area contributed by atoms with Crippen LogP contribution in [0, 0.1) is 6.92 Å². The summed E-state index contributed by atoms with van der Waals surface area (Å²) in [5.41, 5.74) is 2.43. The van der Waals surface area contributed by atoms with E-state index in [1.807, 2.05) is 12.1 Å². The Kier molecular flexibility index (Phi) is 4.40. The largest absolute Gasteiger partial charge is 0.451 e. The van der Waals surface area contributed by atoms with Crippen molar-refractivity contribution in [2.24, 2.45) is 0 Å². The predicted molar refractivity (Wildman–Crippen MR) is 96.4 cm³/mol. The summed E-state index contributed by atoms with van der Waals surface area (Å²) in [6.07, 6.45) is 0. The molecule has 0 spiro atoms. The van der Waals surface area contributed by atoms with Gasteiger partial charge in [0.05, 0.1) is 0 Å². The molecule has 0 atom stereocenters. The molecular formula is C18H15BrN2O3. The number of rotatable bonds is 3. The van der Waals surface area contributed by atoms with Crippen molar-refractivity contribution in [3.63, 3.8) is 0 Å².